The number of nitrogens with one attached hydrogen (secondary N) is 1. The minimum absolute atomic E-state index is 0. The van der Waals surface area contributed by atoms with Gasteiger partial charge >= 0.3 is 0 Å². The molecular formula is C30H42Cl2N4O2. The third-order valence-electron chi connectivity index (χ3n) is 8.48. The minimum atomic E-state index is -0.266. The number of nitro groups is 1. The number of nitro benzene ring substituents is 1. The van der Waals surface area contributed by atoms with Crippen molar-refractivity contribution in [2.75, 3.05) is 6.54 Å². The van der Waals surface area contributed by atoms with E-state index in [9.17, 15) is 10.1 Å². The molecule has 38 heavy (non-hydrogen) atoms. The van der Waals surface area contributed by atoms with E-state index in [0.29, 0.717) is 18.1 Å². The number of nitrogens with two attached hydrogens (primary N) is 1. The molecule has 1 unspecified atom stereocenters. The summed E-state index contributed by atoms with van der Waals surface area (Å²) in [4.78, 5) is 11.4. The van der Waals surface area contributed by atoms with Crippen molar-refractivity contribution in [1.29, 1.82) is 0 Å². The van der Waals surface area contributed by atoms with E-state index in [-0.39, 0.29) is 41.3 Å². The van der Waals surface area contributed by atoms with Crippen molar-refractivity contribution in [2.24, 2.45) is 5.73 Å². The Bertz CT molecular complexity index is 1200. The Hall–Kier alpha value is -2.12. The number of hydrogen-bond acceptors (Lipinski definition) is 4. The van der Waals surface area contributed by atoms with Crippen LogP contribution in [0.15, 0.2) is 48.7 Å². The molecule has 3 N–H and O–H groups in total. The fourth-order valence-corrected chi connectivity index (χ4v) is 6.47. The molecule has 6 nitrogen and oxygen atoms in total. The smallest absolute Gasteiger partial charge is 0.270 e. The summed E-state index contributed by atoms with van der Waals surface area (Å²) in [6.45, 7) is 3.06. The summed E-state index contributed by atoms with van der Waals surface area (Å²) in [5.41, 5.74) is 11.2. The van der Waals surface area contributed by atoms with Crippen molar-refractivity contribution < 1.29 is 4.92 Å². The average molecular weight is 562 g/mol. The van der Waals surface area contributed by atoms with Gasteiger partial charge in [-0.1, -0.05) is 49.1 Å². The summed E-state index contributed by atoms with van der Waals surface area (Å²) in [5.74, 6) is 0.178. The molecule has 0 radical (unpaired) electrons. The lowest BCUT2D eigenvalue weighted by atomic mass is 9.87. The molecule has 208 valence electrons. The largest absolute Gasteiger partial charge is 0.344 e. The first kappa shape index (κ1) is 30.4. The van der Waals surface area contributed by atoms with E-state index in [1.807, 2.05) is 12.1 Å². The van der Waals surface area contributed by atoms with Crippen LogP contribution >= 0.6 is 24.8 Å². The van der Waals surface area contributed by atoms with Crippen LogP contribution in [0.1, 0.15) is 92.9 Å². The van der Waals surface area contributed by atoms with Gasteiger partial charge < -0.3 is 15.6 Å². The average Bonchev–Trinajstić information content (AvgIpc) is 3.27. The van der Waals surface area contributed by atoms with Crippen LogP contribution in [-0.2, 0) is 0 Å². The van der Waals surface area contributed by atoms with Gasteiger partial charge in [0.25, 0.3) is 5.69 Å². The Balaban J connectivity index is 0.00000200. The summed E-state index contributed by atoms with van der Waals surface area (Å²) in [6, 6.07) is 15.6. The predicted octanol–water partition coefficient (Wildman–Crippen LogP) is 7.59. The van der Waals surface area contributed by atoms with Crippen molar-refractivity contribution >= 4 is 41.4 Å². The van der Waals surface area contributed by atoms with Gasteiger partial charge in [-0.2, -0.15) is 0 Å². The van der Waals surface area contributed by atoms with E-state index >= 15 is 0 Å². The monoisotopic (exact) mass is 560 g/mol. The van der Waals surface area contributed by atoms with Crippen molar-refractivity contribution in [1.82, 2.24) is 9.88 Å². The van der Waals surface area contributed by atoms with Crippen LogP contribution < -0.4 is 11.1 Å². The van der Waals surface area contributed by atoms with E-state index in [1.54, 1.807) is 6.07 Å². The van der Waals surface area contributed by atoms with E-state index < -0.39 is 0 Å². The highest BCUT2D eigenvalue weighted by atomic mass is 35.5. The lowest BCUT2D eigenvalue weighted by molar-refractivity contribution is -0.384. The minimum Gasteiger partial charge on any atom is -0.344 e. The first-order chi connectivity index (χ1) is 17.5. The molecule has 2 aliphatic rings. The number of rotatable bonds is 8. The number of fused-ring (bicyclic) bond motifs is 1. The molecule has 2 fully saturated rings. The highest BCUT2D eigenvalue weighted by Gasteiger charge is 2.26. The van der Waals surface area contributed by atoms with E-state index in [1.165, 1.54) is 48.8 Å². The third kappa shape index (κ3) is 6.90. The van der Waals surface area contributed by atoms with Crippen LogP contribution in [0.25, 0.3) is 10.9 Å². The molecule has 5 rings (SSSR count). The number of halogens is 2. The number of non-ortho nitro benzene ring substituents is 1. The van der Waals surface area contributed by atoms with Crippen LogP contribution in [0.2, 0.25) is 0 Å². The summed E-state index contributed by atoms with van der Waals surface area (Å²) in [6.07, 6.45) is 13.9. The van der Waals surface area contributed by atoms with Gasteiger partial charge in [-0.25, -0.2) is 0 Å². The standard InChI is InChI=1S/C30H40N4O2.2ClH/c1-21-6-5-7-22(18-21)27(16-17-32-24-12-10-23(31)11-13-24)29-20-33(25-8-3-2-4-9-25)30-15-14-26(34(35)36)19-28(29)30;;/h5-7,14-15,18-20,23-25,27,32H,2-4,8-13,16-17,31H2,1H3;2*1H. The highest BCUT2D eigenvalue weighted by Crippen LogP contribution is 2.40. The van der Waals surface area contributed by atoms with Gasteiger partial charge in [-0.3, -0.25) is 10.1 Å². The molecule has 0 bridgehead atoms. The van der Waals surface area contributed by atoms with Crippen molar-refractivity contribution in [3.63, 3.8) is 0 Å². The van der Waals surface area contributed by atoms with Crippen LogP contribution in [0.3, 0.4) is 0 Å². The normalized spacial score (nSPS) is 20.9. The SMILES string of the molecule is Cc1cccc(C(CCNC2CCC(N)CC2)c2cn(C3CCCCC3)c3ccc([N+](=O)[O-])cc23)c1.Cl.Cl. The summed E-state index contributed by atoms with van der Waals surface area (Å²) < 4.78 is 2.44. The maximum Gasteiger partial charge on any atom is 0.270 e. The fourth-order valence-electron chi connectivity index (χ4n) is 6.47. The van der Waals surface area contributed by atoms with Crippen molar-refractivity contribution in [3.05, 3.63) is 75.5 Å². The van der Waals surface area contributed by atoms with E-state index in [2.05, 4.69) is 47.3 Å². The zero-order chi connectivity index (χ0) is 25.1. The molecule has 1 aromatic heterocycles. The van der Waals surface area contributed by atoms with Crippen molar-refractivity contribution in [3.8, 4) is 0 Å². The number of aromatic nitrogens is 1. The van der Waals surface area contributed by atoms with Gasteiger partial charge in [-0.05, 0) is 75.6 Å². The van der Waals surface area contributed by atoms with Gasteiger partial charge in [0.15, 0.2) is 0 Å². The number of hydrogen-bond donors (Lipinski definition) is 2. The van der Waals surface area contributed by atoms with Gasteiger partial charge in [0.05, 0.1) is 4.92 Å². The molecule has 1 atom stereocenters. The molecule has 0 saturated heterocycles. The second kappa shape index (κ2) is 13.8. The lowest BCUT2D eigenvalue weighted by Crippen LogP contribution is -2.38. The molecule has 2 aromatic carbocycles. The quantitative estimate of drug-likeness (QED) is 0.219. The molecule has 3 aromatic rings. The van der Waals surface area contributed by atoms with Crippen molar-refractivity contribution in [2.45, 2.75) is 95.2 Å². The fraction of sp³-hybridized carbons (Fsp3) is 0.533. The Morgan fingerprint density at radius 2 is 1.76 bits per heavy atom. The summed E-state index contributed by atoms with van der Waals surface area (Å²) in [5, 5.41) is 16.5. The number of nitrogens with zero attached hydrogens (tertiary/aromatic N) is 2. The van der Waals surface area contributed by atoms with Crippen LogP contribution in [0.5, 0.6) is 0 Å². The molecule has 0 amide bonds. The van der Waals surface area contributed by atoms with E-state index in [4.69, 9.17) is 5.73 Å². The number of benzene rings is 2. The maximum atomic E-state index is 11.7. The summed E-state index contributed by atoms with van der Waals surface area (Å²) >= 11 is 0. The molecule has 1 heterocycles. The Labute approximate surface area is 238 Å². The molecule has 2 saturated carbocycles. The molecule has 0 spiro atoms. The zero-order valence-electron chi connectivity index (χ0n) is 22.3. The number of aryl methyl sites for hydroxylation is 1. The second-order valence-electron chi connectivity index (χ2n) is 11.1. The van der Waals surface area contributed by atoms with E-state index in [0.717, 1.165) is 49.6 Å². The Morgan fingerprint density at radius 1 is 1.03 bits per heavy atom. The zero-order valence-corrected chi connectivity index (χ0v) is 23.9. The topological polar surface area (TPSA) is 86.1 Å². The summed E-state index contributed by atoms with van der Waals surface area (Å²) in [7, 11) is 0. The van der Waals surface area contributed by atoms with Crippen LogP contribution in [0, 0.1) is 17.0 Å². The molecule has 2 aliphatic carbocycles. The Kier molecular flexibility index (Phi) is 11.0. The first-order valence-corrected chi connectivity index (χ1v) is 13.8. The van der Waals surface area contributed by atoms with Gasteiger partial charge in [0.1, 0.15) is 0 Å². The van der Waals surface area contributed by atoms with Gasteiger partial charge in [0.2, 0.25) is 0 Å². The first-order valence-electron chi connectivity index (χ1n) is 13.8. The molecule has 8 heteroatoms. The van der Waals surface area contributed by atoms with Gasteiger partial charge in [0, 0.05) is 53.3 Å². The van der Waals surface area contributed by atoms with Crippen LogP contribution in [-0.4, -0.2) is 28.1 Å². The Morgan fingerprint density at radius 3 is 2.45 bits per heavy atom. The van der Waals surface area contributed by atoms with Crippen LogP contribution in [0.4, 0.5) is 5.69 Å². The maximum absolute atomic E-state index is 11.7. The van der Waals surface area contributed by atoms with Gasteiger partial charge in [-0.15, -0.1) is 24.8 Å². The predicted molar refractivity (Wildman–Crippen MR) is 161 cm³/mol. The molecule has 0 aliphatic heterocycles. The second-order valence-corrected chi connectivity index (χ2v) is 11.1. The molecular weight excluding hydrogens is 519 g/mol. The lowest BCUT2D eigenvalue weighted by Gasteiger charge is -2.28. The highest BCUT2D eigenvalue weighted by molar-refractivity contribution is 5.87. The third-order valence-corrected chi connectivity index (χ3v) is 8.48.